The summed E-state index contributed by atoms with van der Waals surface area (Å²) in [7, 11) is 1.75. The van der Waals surface area contributed by atoms with E-state index in [1.54, 1.807) is 19.2 Å². The molecule has 0 amide bonds. The maximum Gasteiger partial charge on any atom is 0.246 e. The molecular weight excluding hydrogens is 503 g/mol. The summed E-state index contributed by atoms with van der Waals surface area (Å²) in [5.41, 5.74) is 0.865. The lowest BCUT2D eigenvalue weighted by atomic mass is 10.2. The number of halogens is 2. The topological polar surface area (TPSA) is 78.6 Å². The average Bonchev–Trinajstić information content (AvgIpc) is 3.18. The van der Waals surface area contributed by atoms with Gasteiger partial charge in [-0.1, -0.05) is 30.6 Å². The Morgan fingerprint density at radius 2 is 1.93 bits per heavy atom. The Morgan fingerprint density at radius 3 is 2.55 bits per heavy atom. The number of aliphatic imine (C=N–C) groups is 1. The van der Waals surface area contributed by atoms with Crippen LogP contribution in [0.5, 0.6) is 0 Å². The predicted octanol–water partition coefficient (Wildman–Crippen LogP) is 4.18. The molecule has 0 aliphatic carbocycles. The van der Waals surface area contributed by atoms with Crippen molar-refractivity contribution < 1.29 is 4.52 Å². The number of rotatable bonds is 10. The Hall–Kier alpha value is -1.39. The summed E-state index contributed by atoms with van der Waals surface area (Å²) in [6.45, 7) is 10.3. The molecule has 0 spiro atoms. The molecule has 7 nitrogen and oxygen atoms in total. The highest BCUT2D eigenvalue weighted by Crippen LogP contribution is 2.18. The molecule has 162 valence electrons. The van der Waals surface area contributed by atoms with E-state index in [1.807, 2.05) is 12.1 Å². The summed E-state index contributed by atoms with van der Waals surface area (Å²) >= 11 is 5.91. The molecule has 1 aromatic heterocycles. The zero-order valence-corrected chi connectivity index (χ0v) is 20.7. The summed E-state index contributed by atoms with van der Waals surface area (Å²) in [6, 6.07) is 7.67. The maximum atomic E-state index is 5.91. The van der Waals surface area contributed by atoms with E-state index in [-0.39, 0.29) is 24.0 Å². The second kappa shape index (κ2) is 13.8. The van der Waals surface area contributed by atoms with Crippen molar-refractivity contribution in [2.45, 2.75) is 46.2 Å². The summed E-state index contributed by atoms with van der Waals surface area (Å²) in [6.07, 6.45) is 2.24. The van der Waals surface area contributed by atoms with Crippen molar-refractivity contribution in [1.82, 2.24) is 25.7 Å². The van der Waals surface area contributed by atoms with Gasteiger partial charge in [-0.25, -0.2) is 0 Å². The zero-order chi connectivity index (χ0) is 20.4. The van der Waals surface area contributed by atoms with Gasteiger partial charge in [0.15, 0.2) is 5.96 Å². The van der Waals surface area contributed by atoms with Crippen LogP contribution < -0.4 is 10.6 Å². The first-order chi connectivity index (χ1) is 13.5. The van der Waals surface area contributed by atoms with Gasteiger partial charge in [-0.15, -0.1) is 24.0 Å². The quantitative estimate of drug-likeness (QED) is 0.270. The van der Waals surface area contributed by atoms with Gasteiger partial charge in [0.1, 0.15) is 0 Å². The van der Waals surface area contributed by atoms with E-state index in [9.17, 15) is 0 Å². The largest absolute Gasteiger partial charge is 0.354 e. The fraction of sp³-hybridized carbons (Fsp3) is 0.550. The maximum absolute atomic E-state index is 5.91. The molecule has 2 aromatic rings. The van der Waals surface area contributed by atoms with Gasteiger partial charge in [0.05, 0.1) is 6.54 Å². The molecule has 2 rings (SSSR count). The van der Waals surface area contributed by atoms with Crippen molar-refractivity contribution >= 4 is 41.5 Å². The zero-order valence-electron chi connectivity index (χ0n) is 17.6. The SMILES string of the molecule is CCN(CC)CCCC(C)NC(=NC)NCc1nc(-c2ccc(Cl)cc2)no1.I. The van der Waals surface area contributed by atoms with Crippen molar-refractivity contribution in [3.05, 3.63) is 35.2 Å². The van der Waals surface area contributed by atoms with Crippen LogP contribution >= 0.6 is 35.6 Å². The molecule has 1 heterocycles. The molecule has 0 aliphatic rings. The van der Waals surface area contributed by atoms with Crippen LogP contribution in [-0.2, 0) is 6.54 Å². The minimum Gasteiger partial charge on any atom is -0.354 e. The predicted molar refractivity (Wildman–Crippen MR) is 130 cm³/mol. The number of nitrogens with one attached hydrogen (secondary N) is 2. The fourth-order valence-electron chi connectivity index (χ4n) is 2.86. The van der Waals surface area contributed by atoms with E-state index < -0.39 is 0 Å². The minimum absolute atomic E-state index is 0. The molecule has 29 heavy (non-hydrogen) atoms. The van der Waals surface area contributed by atoms with Gasteiger partial charge >= 0.3 is 0 Å². The third kappa shape index (κ3) is 8.88. The van der Waals surface area contributed by atoms with E-state index >= 15 is 0 Å². The molecule has 2 N–H and O–H groups in total. The van der Waals surface area contributed by atoms with Crippen LogP contribution in [0.1, 0.15) is 39.5 Å². The normalized spacial score (nSPS) is 12.6. The number of nitrogens with zero attached hydrogens (tertiary/aromatic N) is 4. The van der Waals surface area contributed by atoms with Gasteiger partial charge in [0.2, 0.25) is 11.7 Å². The highest BCUT2D eigenvalue weighted by Gasteiger charge is 2.11. The summed E-state index contributed by atoms with van der Waals surface area (Å²) in [5.74, 6) is 1.77. The summed E-state index contributed by atoms with van der Waals surface area (Å²) in [4.78, 5) is 11.1. The Labute approximate surface area is 195 Å². The molecule has 0 radical (unpaired) electrons. The third-order valence-electron chi connectivity index (χ3n) is 4.59. The number of guanidine groups is 1. The minimum atomic E-state index is 0. The molecule has 1 atom stereocenters. The second-order valence-corrected chi connectivity index (χ2v) is 7.10. The molecule has 0 bridgehead atoms. The molecular formula is C20H32ClIN6O. The van der Waals surface area contributed by atoms with Crippen LogP contribution in [0.25, 0.3) is 11.4 Å². The van der Waals surface area contributed by atoms with Gasteiger partial charge in [-0.2, -0.15) is 4.98 Å². The van der Waals surface area contributed by atoms with Crippen molar-refractivity contribution in [2.75, 3.05) is 26.7 Å². The second-order valence-electron chi connectivity index (χ2n) is 6.66. The number of hydrogen-bond acceptors (Lipinski definition) is 5. The highest BCUT2D eigenvalue weighted by atomic mass is 127. The van der Waals surface area contributed by atoms with Gasteiger partial charge < -0.3 is 20.1 Å². The standard InChI is InChI=1S/C20H31ClN6O.HI/c1-5-27(6-2)13-7-8-15(3)24-20(22-4)23-14-18-25-19(26-28-18)16-9-11-17(21)12-10-16;/h9-12,15H,5-8,13-14H2,1-4H3,(H2,22,23,24);1H. The molecule has 1 aromatic carbocycles. The van der Waals surface area contributed by atoms with Crippen LogP contribution in [0.3, 0.4) is 0 Å². The Kier molecular flexibility index (Phi) is 12.2. The lowest BCUT2D eigenvalue weighted by Gasteiger charge is -2.21. The molecule has 1 unspecified atom stereocenters. The van der Waals surface area contributed by atoms with Crippen LogP contribution in [0.4, 0.5) is 0 Å². The summed E-state index contributed by atoms with van der Waals surface area (Å²) in [5, 5.41) is 11.3. The highest BCUT2D eigenvalue weighted by molar-refractivity contribution is 14.0. The molecule has 0 saturated heterocycles. The molecule has 9 heteroatoms. The van der Waals surface area contributed by atoms with Gasteiger partial charge in [0.25, 0.3) is 0 Å². The smallest absolute Gasteiger partial charge is 0.246 e. The third-order valence-corrected chi connectivity index (χ3v) is 4.84. The molecule has 0 saturated carbocycles. The van der Waals surface area contributed by atoms with Gasteiger partial charge in [0, 0.05) is 23.7 Å². The Balaban J connectivity index is 0.00000420. The molecule has 0 fully saturated rings. The van der Waals surface area contributed by atoms with Gasteiger partial charge in [-0.3, -0.25) is 4.99 Å². The van der Waals surface area contributed by atoms with Gasteiger partial charge in [-0.05, 0) is 63.7 Å². The monoisotopic (exact) mass is 534 g/mol. The van der Waals surface area contributed by atoms with E-state index in [1.165, 1.54) is 0 Å². The van der Waals surface area contributed by atoms with E-state index in [2.05, 4.69) is 51.4 Å². The van der Waals surface area contributed by atoms with E-state index in [4.69, 9.17) is 16.1 Å². The summed E-state index contributed by atoms with van der Waals surface area (Å²) < 4.78 is 5.32. The van der Waals surface area contributed by atoms with E-state index in [0.29, 0.717) is 29.3 Å². The Bertz CT molecular complexity index is 733. The number of benzene rings is 1. The lowest BCUT2D eigenvalue weighted by molar-refractivity contribution is 0.292. The van der Waals surface area contributed by atoms with Crippen LogP contribution in [0.15, 0.2) is 33.8 Å². The average molecular weight is 535 g/mol. The number of hydrogen-bond donors (Lipinski definition) is 2. The van der Waals surface area contributed by atoms with Crippen molar-refractivity contribution in [1.29, 1.82) is 0 Å². The number of aromatic nitrogens is 2. The molecule has 0 aliphatic heterocycles. The first-order valence-electron chi connectivity index (χ1n) is 9.83. The van der Waals surface area contributed by atoms with Crippen molar-refractivity contribution in [2.24, 2.45) is 4.99 Å². The van der Waals surface area contributed by atoms with E-state index in [0.717, 1.165) is 44.0 Å². The van der Waals surface area contributed by atoms with Crippen LogP contribution in [-0.4, -0.2) is 53.7 Å². The fourth-order valence-corrected chi connectivity index (χ4v) is 2.99. The first-order valence-corrected chi connectivity index (χ1v) is 10.2. The Morgan fingerprint density at radius 1 is 1.24 bits per heavy atom. The van der Waals surface area contributed by atoms with Crippen LogP contribution in [0, 0.1) is 0 Å². The lowest BCUT2D eigenvalue weighted by Crippen LogP contribution is -2.42. The van der Waals surface area contributed by atoms with Crippen molar-refractivity contribution in [3.63, 3.8) is 0 Å². The van der Waals surface area contributed by atoms with Crippen LogP contribution in [0.2, 0.25) is 5.02 Å². The van der Waals surface area contributed by atoms with Crippen molar-refractivity contribution in [3.8, 4) is 11.4 Å². The first kappa shape index (κ1) is 25.6.